The molecule has 7 heteroatoms. The van der Waals surface area contributed by atoms with E-state index in [1.165, 1.54) is 6.07 Å². The average Bonchev–Trinajstić information content (AvgIpc) is 2.89. The highest BCUT2D eigenvalue weighted by Crippen LogP contribution is 2.28. The van der Waals surface area contributed by atoms with Crippen LogP contribution in [0.2, 0.25) is 0 Å². The van der Waals surface area contributed by atoms with Gasteiger partial charge in [-0.05, 0) is 37.9 Å². The SMILES string of the molecule is Cc1c(NC(=O)CCN2CCC(C)(CN)C2)cccc1[N+](=O)[O-]. The number of rotatable bonds is 6. The molecule has 0 radical (unpaired) electrons. The Balaban J connectivity index is 1.89. The molecule has 7 nitrogen and oxygen atoms in total. The van der Waals surface area contributed by atoms with E-state index >= 15 is 0 Å². The van der Waals surface area contributed by atoms with Gasteiger partial charge >= 0.3 is 0 Å². The van der Waals surface area contributed by atoms with Crippen molar-refractivity contribution in [2.24, 2.45) is 11.1 Å². The summed E-state index contributed by atoms with van der Waals surface area (Å²) in [7, 11) is 0. The number of hydrogen-bond donors (Lipinski definition) is 2. The van der Waals surface area contributed by atoms with Crippen LogP contribution >= 0.6 is 0 Å². The molecule has 2 rings (SSSR count). The first kappa shape index (κ1) is 17.4. The molecule has 1 heterocycles. The van der Waals surface area contributed by atoms with Crippen LogP contribution < -0.4 is 11.1 Å². The highest BCUT2D eigenvalue weighted by atomic mass is 16.6. The van der Waals surface area contributed by atoms with E-state index in [1.54, 1.807) is 19.1 Å². The van der Waals surface area contributed by atoms with Crippen molar-refractivity contribution in [3.8, 4) is 0 Å². The van der Waals surface area contributed by atoms with Crippen molar-refractivity contribution < 1.29 is 9.72 Å². The van der Waals surface area contributed by atoms with E-state index in [0.29, 0.717) is 30.8 Å². The van der Waals surface area contributed by atoms with Crippen LogP contribution in [0.25, 0.3) is 0 Å². The summed E-state index contributed by atoms with van der Waals surface area (Å²) in [4.78, 5) is 24.8. The number of nitrogens with two attached hydrogens (primary N) is 1. The molecule has 1 atom stereocenters. The van der Waals surface area contributed by atoms with E-state index in [-0.39, 0.29) is 17.0 Å². The van der Waals surface area contributed by atoms with Gasteiger partial charge in [-0.1, -0.05) is 13.0 Å². The smallest absolute Gasteiger partial charge is 0.274 e. The van der Waals surface area contributed by atoms with Gasteiger partial charge in [0.15, 0.2) is 0 Å². The fraction of sp³-hybridized carbons (Fsp3) is 0.562. The van der Waals surface area contributed by atoms with Gasteiger partial charge in [0.1, 0.15) is 0 Å². The second kappa shape index (κ2) is 7.06. The van der Waals surface area contributed by atoms with Crippen molar-refractivity contribution >= 4 is 17.3 Å². The zero-order chi connectivity index (χ0) is 17.0. The van der Waals surface area contributed by atoms with Gasteiger partial charge in [0.2, 0.25) is 5.91 Å². The van der Waals surface area contributed by atoms with Crippen LogP contribution in [-0.4, -0.2) is 41.9 Å². The lowest BCUT2D eigenvalue weighted by Crippen LogP contribution is -2.32. The summed E-state index contributed by atoms with van der Waals surface area (Å²) in [5.41, 5.74) is 6.92. The first-order valence-corrected chi connectivity index (χ1v) is 7.81. The zero-order valence-corrected chi connectivity index (χ0v) is 13.7. The van der Waals surface area contributed by atoms with Gasteiger partial charge in [0.25, 0.3) is 5.69 Å². The number of nitro groups is 1. The molecule has 1 aromatic rings. The molecule has 1 aliphatic heterocycles. The molecule has 3 N–H and O–H groups in total. The predicted octanol–water partition coefficient (Wildman–Crippen LogP) is 1.90. The normalized spacial score (nSPS) is 21.3. The lowest BCUT2D eigenvalue weighted by Gasteiger charge is -2.22. The van der Waals surface area contributed by atoms with E-state index in [0.717, 1.165) is 19.5 Å². The van der Waals surface area contributed by atoms with Gasteiger partial charge in [-0.25, -0.2) is 0 Å². The van der Waals surface area contributed by atoms with Crippen molar-refractivity contribution in [3.05, 3.63) is 33.9 Å². The van der Waals surface area contributed by atoms with Crippen LogP contribution in [0.4, 0.5) is 11.4 Å². The number of amides is 1. The minimum absolute atomic E-state index is 0.0149. The number of nitrogens with zero attached hydrogens (tertiary/aromatic N) is 2. The third kappa shape index (κ3) is 4.27. The number of nitrogens with one attached hydrogen (secondary N) is 1. The molecule has 0 bridgehead atoms. The highest BCUT2D eigenvalue weighted by molar-refractivity contribution is 5.92. The summed E-state index contributed by atoms with van der Waals surface area (Å²) in [6, 6.07) is 4.69. The largest absolute Gasteiger partial charge is 0.330 e. The quantitative estimate of drug-likeness (QED) is 0.616. The minimum Gasteiger partial charge on any atom is -0.330 e. The maximum Gasteiger partial charge on any atom is 0.274 e. The molecule has 1 unspecified atom stereocenters. The summed E-state index contributed by atoms with van der Waals surface area (Å²) in [6.45, 7) is 7.00. The predicted molar refractivity (Wildman–Crippen MR) is 89.3 cm³/mol. The van der Waals surface area contributed by atoms with Crippen LogP contribution in [0, 0.1) is 22.5 Å². The van der Waals surface area contributed by atoms with E-state index in [4.69, 9.17) is 5.73 Å². The van der Waals surface area contributed by atoms with Crippen molar-refractivity contribution in [2.45, 2.75) is 26.7 Å². The van der Waals surface area contributed by atoms with Gasteiger partial charge in [-0.15, -0.1) is 0 Å². The van der Waals surface area contributed by atoms with Gasteiger partial charge in [0.05, 0.1) is 16.2 Å². The summed E-state index contributed by atoms with van der Waals surface area (Å²) in [5.74, 6) is -0.130. The number of anilines is 1. The average molecular weight is 320 g/mol. The molecule has 1 aromatic carbocycles. The van der Waals surface area contributed by atoms with Gasteiger partial charge < -0.3 is 16.0 Å². The lowest BCUT2D eigenvalue weighted by molar-refractivity contribution is -0.385. The number of carbonyl (C=O) groups excluding carboxylic acids is 1. The number of carbonyl (C=O) groups is 1. The zero-order valence-electron chi connectivity index (χ0n) is 13.7. The minimum atomic E-state index is -0.442. The third-order valence-electron chi connectivity index (χ3n) is 4.56. The van der Waals surface area contributed by atoms with Crippen molar-refractivity contribution in [1.82, 2.24) is 4.90 Å². The lowest BCUT2D eigenvalue weighted by atomic mass is 9.90. The molecule has 126 valence electrons. The molecule has 0 saturated carbocycles. The first-order chi connectivity index (χ1) is 10.8. The van der Waals surface area contributed by atoms with E-state index in [1.807, 2.05) is 0 Å². The summed E-state index contributed by atoms with van der Waals surface area (Å²) in [6.07, 6.45) is 1.41. The monoisotopic (exact) mass is 320 g/mol. The number of likely N-dealkylation sites (tertiary alicyclic amines) is 1. The van der Waals surface area contributed by atoms with Crippen LogP contribution in [0.5, 0.6) is 0 Å². The molecule has 1 saturated heterocycles. The van der Waals surface area contributed by atoms with Gasteiger partial charge in [0, 0.05) is 25.6 Å². The van der Waals surface area contributed by atoms with Crippen LogP contribution in [0.3, 0.4) is 0 Å². The van der Waals surface area contributed by atoms with Crippen LogP contribution in [0.15, 0.2) is 18.2 Å². The number of nitro benzene ring substituents is 1. The molecule has 1 fully saturated rings. The van der Waals surface area contributed by atoms with E-state index in [9.17, 15) is 14.9 Å². The Morgan fingerprint density at radius 1 is 1.52 bits per heavy atom. The summed E-state index contributed by atoms with van der Waals surface area (Å²) < 4.78 is 0. The highest BCUT2D eigenvalue weighted by Gasteiger charge is 2.32. The molecule has 0 aliphatic carbocycles. The Labute approximate surface area is 136 Å². The molecule has 1 aliphatic rings. The molecular weight excluding hydrogens is 296 g/mol. The molecule has 1 amide bonds. The second-order valence-electron chi connectivity index (χ2n) is 6.55. The van der Waals surface area contributed by atoms with E-state index in [2.05, 4.69) is 17.1 Å². The first-order valence-electron chi connectivity index (χ1n) is 7.81. The maximum absolute atomic E-state index is 12.1. The maximum atomic E-state index is 12.1. The standard InChI is InChI=1S/C16H24N4O3/c1-12-13(4-3-5-14(12)20(22)23)18-15(21)6-8-19-9-7-16(2,10-17)11-19/h3-5H,6-11,17H2,1-2H3,(H,18,21). The Hall–Kier alpha value is -1.99. The molecule has 0 aromatic heterocycles. The Morgan fingerprint density at radius 2 is 2.26 bits per heavy atom. The van der Waals surface area contributed by atoms with Crippen LogP contribution in [0.1, 0.15) is 25.3 Å². The summed E-state index contributed by atoms with van der Waals surface area (Å²) >= 11 is 0. The molecule has 0 spiro atoms. The Morgan fingerprint density at radius 3 is 2.87 bits per heavy atom. The van der Waals surface area contributed by atoms with E-state index < -0.39 is 4.92 Å². The Kier molecular flexibility index (Phi) is 5.33. The fourth-order valence-corrected chi connectivity index (χ4v) is 2.91. The number of hydrogen-bond acceptors (Lipinski definition) is 5. The van der Waals surface area contributed by atoms with Crippen LogP contribution in [-0.2, 0) is 4.79 Å². The van der Waals surface area contributed by atoms with Gasteiger partial charge in [-0.3, -0.25) is 14.9 Å². The topological polar surface area (TPSA) is 102 Å². The van der Waals surface area contributed by atoms with Crippen molar-refractivity contribution in [2.75, 3.05) is 31.5 Å². The van der Waals surface area contributed by atoms with Crippen molar-refractivity contribution in [3.63, 3.8) is 0 Å². The molecular formula is C16H24N4O3. The van der Waals surface area contributed by atoms with Crippen molar-refractivity contribution in [1.29, 1.82) is 0 Å². The molecule has 23 heavy (non-hydrogen) atoms. The van der Waals surface area contributed by atoms with Gasteiger partial charge in [-0.2, -0.15) is 0 Å². The third-order valence-corrected chi connectivity index (χ3v) is 4.56. The number of benzene rings is 1. The Bertz CT molecular complexity index is 605. The summed E-state index contributed by atoms with van der Waals surface area (Å²) in [5, 5.41) is 13.7. The fourth-order valence-electron chi connectivity index (χ4n) is 2.91. The second-order valence-corrected chi connectivity index (χ2v) is 6.55.